The van der Waals surface area contributed by atoms with E-state index in [-0.39, 0.29) is 0 Å². The molecule has 0 atom stereocenters. The fraction of sp³-hybridized carbons (Fsp3) is 0.0185. The molecule has 58 heavy (non-hydrogen) atoms. The fourth-order valence-electron chi connectivity index (χ4n) is 8.50. The van der Waals surface area contributed by atoms with Crippen molar-refractivity contribution in [3.05, 3.63) is 206 Å². The summed E-state index contributed by atoms with van der Waals surface area (Å²) in [6, 6.07) is 70.1. The maximum atomic E-state index is 6.77. The van der Waals surface area contributed by atoms with Crippen LogP contribution in [0.1, 0.15) is 5.56 Å². The Kier molecular flexibility index (Phi) is 8.00. The topological polar surface area (TPSA) is 42.4 Å². The average molecular weight is 745 g/mol. The van der Waals surface area contributed by atoms with Gasteiger partial charge < -0.3 is 13.7 Å². The number of anilines is 3. The molecule has 0 saturated heterocycles. The molecule has 0 fully saturated rings. The first-order valence-electron chi connectivity index (χ1n) is 19.6. The Hall–Kier alpha value is -7.69. The molecule has 0 aliphatic rings. The van der Waals surface area contributed by atoms with Gasteiger partial charge in [0.2, 0.25) is 0 Å². The third-order valence-corrected chi connectivity index (χ3v) is 11.3. The van der Waals surface area contributed by atoms with Crippen molar-refractivity contribution in [1.82, 2.24) is 4.98 Å². The second-order valence-electron chi connectivity index (χ2n) is 14.7. The van der Waals surface area contributed by atoms with Crippen molar-refractivity contribution in [3.8, 4) is 44.6 Å². The highest BCUT2D eigenvalue weighted by Gasteiger charge is 2.23. The smallest absolute Gasteiger partial charge is 0.161 e. The fourth-order valence-corrected chi connectivity index (χ4v) is 8.50. The SMILES string of the molecule is Cc1c(-c2cccc3oc4cc(N(c5ccc(-c6ccccc6)cc5)c5cccc(-c6ccccc6)c5)ccc4c23)nc2c(oc3ccccc32)c1-c1ccccc1. The number of para-hydroxylation sites is 1. The van der Waals surface area contributed by atoms with Gasteiger partial charge in [-0.2, -0.15) is 0 Å². The van der Waals surface area contributed by atoms with Gasteiger partial charge in [-0.05, 0) is 94.9 Å². The Morgan fingerprint density at radius 1 is 0.414 bits per heavy atom. The quantitative estimate of drug-likeness (QED) is 0.163. The second-order valence-corrected chi connectivity index (χ2v) is 14.7. The summed E-state index contributed by atoms with van der Waals surface area (Å²) < 4.78 is 13.3. The van der Waals surface area contributed by atoms with E-state index in [4.69, 9.17) is 13.8 Å². The summed E-state index contributed by atoms with van der Waals surface area (Å²) in [7, 11) is 0. The van der Waals surface area contributed by atoms with Crippen LogP contribution in [0, 0.1) is 6.92 Å². The minimum absolute atomic E-state index is 0.802. The lowest BCUT2D eigenvalue weighted by Crippen LogP contribution is -2.10. The Balaban J connectivity index is 1.09. The number of hydrogen-bond donors (Lipinski definition) is 0. The molecule has 11 rings (SSSR count). The Labute approximate surface area is 335 Å². The van der Waals surface area contributed by atoms with E-state index in [1.54, 1.807) is 0 Å². The lowest BCUT2D eigenvalue weighted by atomic mass is 9.93. The molecule has 0 bridgehead atoms. The monoisotopic (exact) mass is 744 g/mol. The van der Waals surface area contributed by atoms with E-state index in [2.05, 4.69) is 188 Å². The summed E-state index contributed by atoms with van der Waals surface area (Å²) in [4.78, 5) is 7.71. The third-order valence-electron chi connectivity index (χ3n) is 11.3. The van der Waals surface area contributed by atoms with Crippen LogP contribution in [-0.2, 0) is 0 Å². The molecule has 0 aliphatic heterocycles. The summed E-state index contributed by atoms with van der Waals surface area (Å²) >= 11 is 0. The zero-order valence-electron chi connectivity index (χ0n) is 31.8. The summed E-state index contributed by atoms with van der Waals surface area (Å²) in [6.45, 7) is 2.15. The maximum absolute atomic E-state index is 6.77. The molecule has 0 aliphatic carbocycles. The molecule has 274 valence electrons. The summed E-state index contributed by atoms with van der Waals surface area (Å²) in [5.74, 6) is 0. The van der Waals surface area contributed by atoms with E-state index in [9.17, 15) is 0 Å². The molecule has 0 N–H and O–H groups in total. The predicted octanol–water partition coefficient (Wildman–Crippen LogP) is 15.3. The van der Waals surface area contributed by atoms with Gasteiger partial charge in [-0.3, -0.25) is 0 Å². The van der Waals surface area contributed by atoms with Crippen molar-refractivity contribution in [2.75, 3.05) is 4.90 Å². The molecule has 8 aromatic carbocycles. The lowest BCUT2D eigenvalue weighted by Gasteiger charge is -2.26. The van der Waals surface area contributed by atoms with Gasteiger partial charge in [-0.25, -0.2) is 4.98 Å². The highest BCUT2D eigenvalue weighted by molar-refractivity contribution is 6.15. The molecule has 3 heterocycles. The van der Waals surface area contributed by atoms with Crippen molar-refractivity contribution in [3.63, 3.8) is 0 Å². The van der Waals surface area contributed by atoms with Crippen LogP contribution in [0.15, 0.2) is 209 Å². The molecule has 11 aromatic rings. The molecule has 3 aromatic heterocycles. The van der Waals surface area contributed by atoms with E-state index < -0.39 is 0 Å². The van der Waals surface area contributed by atoms with E-state index >= 15 is 0 Å². The van der Waals surface area contributed by atoms with Crippen molar-refractivity contribution < 1.29 is 8.83 Å². The number of pyridine rings is 1. The van der Waals surface area contributed by atoms with Crippen LogP contribution < -0.4 is 4.90 Å². The number of benzene rings is 8. The van der Waals surface area contributed by atoms with Gasteiger partial charge in [0.15, 0.2) is 5.58 Å². The van der Waals surface area contributed by atoms with Gasteiger partial charge in [0, 0.05) is 50.4 Å². The van der Waals surface area contributed by atoms with Crippen LogP contribution in [0.3, 0.4) is 0 Å². The summed E-state index contributed by atoms with van der Waals surface area (Å²) in [6.07, 6.45) is 0. The molecule has 0 unspecified atom stereocenters. The van der Waals surface area contributed by atoms with E-state index in [1.807, 2.05) is 24.3 Å². The van der Waals surface area contributed by atoms with Crippen LogP contribution in [0.5, 0.6) is 0 Å². The molecular weight excluding hydrogens is 709 g/mol. The number of hydrogen-bond acceptors (Lipinski definition) is 4. The highest BCUT2D eigenvalue weighted by atomic mass is 16.3. The Morgan fingerprint density at radius 3 is 1.76 bits per heavy atom. The standard InChI is InChI=1S/C54H36N2O2/c1-35-50(39-19-9-4-10-20-39)54-53(45-23-11-12-25-47(45)58-54)55-52(35)46-24-14-26-48-51(46)44-32-31-43(34-49(44)57-48)56(41-29-27-38(28-30-41)36-15-5-2-6-16-36)42-22-13-21-40(33-42)37-17-7-3-8-18-37/h2-34H,1H3. The number of nitrogens with zero attached hydrogens (tertiary/aromatic N) is 2. The van der Waals surface area contributed by atoms with Crippen LogP contribution in [0.25, 0.3) is 88.6 Å². The van der Waals surface area contributed by atoms with Gasteiger partial charge in [0.25, 0.3) is 0 Å². The number of aromatic nitrogens is 1. The first-order chi connectivity index (χ1) is 28.7. The third kappa shape index (κ3) is 5.65. The van der Waals surface area contributed by atoms with Gasteiger partial charge in [0.05, 0.1) is 5.69 Å². The van der Waals surface area contributed by atoms with Crippen LogP contribution in [0.2, 0.25) is 0 Å². The minimum Gasteiger partial charge on any atom is -0.456 e. The zero-order valence-corrected chi connectivity index (χ0v) is 31.8. The first kappa shape index (κ1) is 33.6. The molecule has 0 saturated carbocycles. The normalized spacial score (nSPS) is 11.5. The van der Waals surface area contributed by atoms with E-state index in [0.717, 1.165) is 94.6 Å². The first-order valence-corrected chi connectivity index (χ1v) is 19.6. The van der Waals surface area contributed by atoms with E-state index in [1.165, 1.54) is 16.7 Å². The average Bonchev–Trinajstić information content (AvgIpc) is 3.85. The minimum atomic E-state index is 0.802. The number of rotatable bonds is 7. The Morgan fingerprint density at radius 2 is 1.00 bits per heavy atom. The summed E-state index contributed by atoms with van der Waals surface area (Å²) in [5, 5.41) is 3.07. The molecule has 4 nitrogen and oxygen atoms in total. The molecular formula is C54H36N2O2. The van der Waals surface area contributed by atoms with Gasteiger partial charge >= 0.3 is 0 Å². The zero-order chi connectivity index (χ0) is 38.6. The van der Waals surface area contributed by atoms with Gasteiger partial charge in [0.1, 0.15) is 22.3 Å². The molecule has 0 radical (unpaired) electrons. The predicted molar refractivity (Wildman–Crippen MR) is 240 cm³/mol. The van der Waals surface area contributed by atoms with Crippen LogP contribution in [0.4, 0.5) is 17.1 Å². The largest absolute Gasteiger partial charge is 0.456 e. The van der Waals surface area contributed by atoms with Crippen molar-refractivity contribution in [1.29, 1.82) is 0 Å². The Bertz CT molecular complexity index is 3270. The lowest BCUT2D eigenvalue weighted by molar-refractivity contribution is 0.669. The van der Waals surface area contributed by atoms with Gasteiger partial charge in [-0.15, -0.1) is 0 Å². The highest BCUT2D eigenvalue weighted by Crippen LogP contribution is 2.45. The van der Waals surface area contributed by atoms with Crippen molar-refractivity contribution in [2.24, 2.45) is 0 Å². The molecule has 0 spiro atoms. The second kappa shape index (κ2) is 13.8. The number of furan rings is 2. The number of fused-ring (bicyclic) bond motifs is 6. The van der Waals surface area contributed by atoms with E-state index in [0.29, 0.717) is 0 Å². The van der Waals surface area contributed by atoms with Crippen molar-refractivity contribution >= 4 is 61.1 Å². The summed E-state index contributed by atoms with van der Waals surface area (Å²) in [5.41, 5.74) is 17.0. The van der Waals surface area contributed by atoms with Crippen LogP contribution >= 0.6 is 0 Å². The molecule has 4 heteroatoms. The van der Waals surface area contributed by atoms with Gasteiger partial charge in [-0.1, -0.05) is 140 Å². The maximum Gasteiger partial charge on any atom is 0.161 e. The van der Waals surface area contributed by atoms with Crippen molar-refractivity contribution in [2.45, 2.75) is 6.92 Å². The van der Waals surface area contributed by atoms with Crippen LogP contribution in [-0.4, -0.2) is 4.98 Å². The molecule has 0 amide bonds.